The molecule has 0 aliphatic carbocycles. The standard InChI is InChI=1S/C13H17ClN4O3S/c1-17(2)22(19,20)7-6-10-9-18(16-15-10)13-8-11(21-3)4-5-12(13)14/h4-5,8-9H,6-7H2,1-3H3. The molecule has 1 heterocycles. The normalized spacial score (nSPS) is 11.9. The van der Waals surface area contributed by atoms with Crippen molar-refractivity contribution in [3.8, 4) is 11.4 Å². The Morgan fingerprint density at radius 1 is 1.36 bits per heavy atom. The van der Waals surface area contributed by atoms with Gasteiger partial charge < -0.3 is 4.74 Å². The van der Waals surface area contributed by atoms with Crippen molar-refractivity contribution in [2.24, 2.45) is 0 Å². The van der Waals surface area contributed by atoms with Crippen LogP contribution < -0.4 is 4.74 Å². The summed E-state index contributed by atoms with van der Waals surface area (Å²) in [5.41, 5.74) is 1.19. The van der Waals surface area contributed by atoms with Crippen molar-refractivity contribution in [3.05, 3.63) is 35.1 Å². The largest absolute Gasteiger partial charge is 0.497 e. The Bertz CT molecular complexity index is 758. The lowest BCUT2D eigenvalue weighted by Gasteiger charge is -2.09. The van der Waals surface area contributed by atoms with Gasteiger partial charge >= 0.3 is 0 Å². The Morgan fingerprint density at radius 3 is 2.73 bits per heavy atom. The van der Waals surface area contributed by atoms with E-state index < -0.39 is 10.0 Å². The highest BCUT2D eigenvalue weighted by atomic mass is 35.5. The second kappa shape index (κ2) is 6.64. The van der Waals surface area contributed by atoms with E-state index in [9.17, 15) is 8.42 Å². The van der Waals surface area contributed by atoms with Gasteiger partial charge in [0.15, 0.2) is 0 Å². The van der Waals surface area contributed by atoms with Crippen LogP contribution in [0, 0.1) is 0 Å². The first-order valence-corrected chi connectivity index (χ1v) is 8.47. The average Bonchev–Trinajstić information content (AvgIpc) is 2.94. The molecule has 0 saturated carbocycles. The number of methoxy groups -OCH3 is 1. The summed E-state index contributed by atoms with van der Waals surface area (Å²) in [5.74, 6) is 0.622. The van der Waals surface area contributed by atoms with Crippen LogP contribution in [-0.2, 0) is 16.4 Å². The number of rotatable bonds is 6. The molecule has 120 valence electrons. The lowest BCUT2D eigenvalue weighted by molar-refractivity contribution is 0.414. The number of sulfonamides is 1. The fourth-order valence-electron chi connectivity index (χ4n) is 1.74. The second-order valence-corrected chi connectivity index (χ2v) is 7.53. The smallest absolute Gasteiger partial charge is 0.213 e. The zero-order chi connectivity index (χ0) is 16.3. The maximum absolute atomic E-state index is 11.8. The number of benzene rings is 1. The van der Waals surface area contributed by atoms with Gasteiger partial charge in [-0.25, -0.2) is 17.4 Å². The highest BCUT2D eigenvalue weighted by Gasteiger charge is 2.15. The molecule has 9 heteroatoms. The fraction of sp³-hybridized carbons (Fsp3) is 0.385. The van der Waals surface area contributed by atoms with Crippen molar-refractivity contribution in [1.29, 1.82) is 0 Å². The molecule has 0 bridgehead atoms. The molecule has 1 aromatic heterocycles. The summed E-state index contributed by atoms with van der Waals surface area (Å²) in [6.45, 7) is 0. The summed E-state index contributed by atoms with van der Waals surface area (Å²) >= 11 is 6.14. The molecule has 0 radical (unpaired) electrons. The van der Waals surface area contributed by atoms with E-state index in [4.69, 9.17) is 16.3 Å². The van der Waals surface area contributed by atoms with Crippen molar-refractivity contribution in [1.82, 2.24) is 19.3 Å². The van der Waals surface area contributed by atoms with Crippen LogP contribution in [0.4, 0.5) is 0 Å². The fourth-order valence-corrected chi connectivity index (χ4v) is 2.78. The van der Waals surface area contributed by atoms with Gasteiger partial charge in [0.1, 0.15) is 5.75 Å². The second-order valence-electron chi connectivity index (χ2n) is 4.82. The summed E-state index contributed by atoms with van der Waals surface area (Å²) in [5, 5.41) is 8.47. The molecule has 22 heavy (non-hydrogen) atoms. The molecule has 7 nitrogen and oxygen atoms in total. The summed E-state index contributed by atoms with van der Waals surface area (Å²) < 4.78 is 31.3. The van der Waals surface area contributed by atoms with Gasteiger partial charge in [-0.2, -0.15) is 0 Å². The van der Waals surface area contributed by atoms with Crippen molar-refractivity contribution in [3.63, 3.8) is 0 Å². The van der Waals surface area contributed by atoms with Gasteiger partial charge in [0.25, 0.3) is 0 Å². The van der Waals surface area contributed by atoms with Gasteiger partial charge in [-0.3, -0.25) is 0 Å². The number of hydrogen-bond acceptors (Lipinski definition) is 5. The highest BCUT2D eigenvalue weighted by Crippen LogP contribution is 2.24. The molecule has 0 fully saturated rings. The molecule has 0 aliphatic rings. The Kier molecular flexibility index (Phi) is 5.05. The van der Waals surface area contributed by atoms with Crippen LogP contribution in [0.2, 0.25) is 5.02 Å². The molecule has 0 aliphatic heterocycles. The van der Waals surface area contributed by atoms with E-state index in [0.717, 1.165) is 0 Å². The molecule has 0 unspecified atom stereocenters. The Labute approximate surface area is 134 Å². The third kappa shape index (κ3) is 3.76. The van der Waals surface area contributed by atoms with Crippen LogP contribution in [0.15, 0.2) is 24.4 Å². The minimum absolute atomic E-state index is 0.0233. The lowest BCUT2D eigenvalue weighted by atomic mass is 10.3. The summed E-state index contributed by atoms with van der Waals surface area (Å²) in [4.78, 5) is 0. The molecular weight excluding hydrogens is 328 g/mol. The van der Waals surface area contributed by atoms with Gasteiger partial charge in [-0.05, 0) is 12.1 Å². The number of aromatic nitrogens is 3. The van der Waals surface area contributed by atoms with Crippen LogP contribution in [0.1, 0.15) is 5.69 Å². The molecule has 1 aromatic carbocycles. The minimum Gasteiger partial charge on any atom is -0.497 e. The van der Waals surface area contributed by atoms with E-state index in [0.29, 0.717) is 22.2 Å². The van der Waals surface area contributed by atoms with Crippen LogP contribution in [-0.4, -0.2) is 54.7 Å². The van der Waals surface area contributed by atoms with E-state index in [2.05, 4.69) is 10.3 Å². The maximum atomic E-state index is 11.8. The van der Waals surface area contributed by atoms with Gasteiger partial charge in [-0.15, -0.1) is 5.10 Å². The molecule has 0 spiro atoms. The monoisotopic (exact) mass is 344 g/mol. The topological polar surface area (TPSA) is 77.3 Å². The van der Waals surface area contributed by atoms with E-state index in [1.165, 1.54) is 23.1 Å². The van der Waals surface area contributed by atoms with E-state index in [1.54, 1.807) is 31.5 Å². The molecule has 0 atom stereocenters. The first-order valence-electron chi connectivity index (χ1n) is 6.49. The number of hydrogen-bond donors (Lipinski definition) is 0. The quantitative estimate of drug-likeness (QED) is 0.790. The number of aryl methyl sites for hydroxylation is 1. The van der Waals surface area contributed by atoms with Crippen LogP contribution in [0.5, 0.6) is 5.75 Å². The molecule has 2 aromatic rings. The molecular formula is C13H17ClN4O3S. The predicted octanol–water partition coefficient (Wildman–Crippen LogP) is 1.36. The lowest BCUT2D eigenvalue weighted by Crippen LogP contribution is -2.26. The Hall–Kier alpha value is -1.64. The van der Waals surface area contributed by atoms with Gasteiger partial charge in [0.05, 0.1) is 35.5 Å². The third-order valence-corrected chi connectivity index (χ3v) is 5.27. The Balaban J connectivity index is 2.19. The summed E-state index contributed by atoms with van der Waals surface area (Å²) in [7, 11) is 1.31. The van der Waals surface area contributed by atoms with E-state index in [-0.39, 0.29) is 12.2 Å². The van der Waals surface area contributed by atoms with Gasteiger partial charge in [-0.1, -0.05) is 16.8 Å². The van der Waals surface area contributed by atoms with E-state index >= 15 is 0 Å². The third-order valence-electron chi connectivity index (χ3n) is 3.11. The van der Waals surface area contributed by atoms with Crippen molar-refractivity contribution in [2.75, 3.05) is 27.0 Å². The first-order chi connectivity index (χ1) is 10.3. The first kappa shape index (κ1) is 16.7. The zero-order valence-electron chi connectivity index (χ0n) is 12.5. The molecule has 0 amide bonds. The van der Waals surface area contributed by atoms with Gasteiger partial charge in [0, 0.05) is 26.6 Å². The van der Waals surface area contributed by atoms with Crippen LogP contribution >= 0.6 is 11.6 Å². The SMILES string of the molecule is COc1ccc(Cl)c(-n2cc(CCS(=O)(=O)N(C)C)nn2)c1. The van der Waals surface area contributed by atoms with Gasteiger partial charge in [0.2, 0.25) is 10.0 Å². The molecule has 0 saturated heterocycles. The number of nitrogens with zero attached hydrogens (tertiary/aromatic N) is 4. The predicted molar refractivity (Wildman–Crippen MR) is 84.1 cm³/mol. The summed E-state index contributed by atoms with van der Waals surface area (Å²) in [6, 6.07) is 5.18. The highest BCUT2D eigenvalue weighted by molar-refractivity contribution is 7.89. The van der Waals surface area contributed by atoms with Crippen LogP contribution in [0.3, 0.4) is 0 Å². The molecule has 2 rings (SSSR count). The molecule has 0 N–H and O–H groups in total. The van der Waals surface area contributed by atoms with Crippen molar-refractivity contribution >= 4 is 21.6 Å². The van der Waals surface area contributed by atoms with E-state index in [1.807, 2.05) is 0 Å². The van der Waals surface area contributed by atoms with Crippen molar-refractivity contribution in [2.45, 2.75) is 6.42 Å². The minimum atomic E-state index is -3.26. The summed E-state index contributed by atoms with van der Waals surface area (Å²) in [6.07, 6.45) is 1.94. The van der Waals surface area contributed by atoms with Crippen molar-refractivity contribution < 1.29 is 13.2 Å². The number of ether oxygens (including phenoxy) is 1. The maximum Gasteiger partial charge on any atom is 0.213 e. The number of halogens is 1. The Morgan fingerprint density at radius 2 is 2.09 bits per heavy atom. The zero-order valence-corrected chi connectivity index (χ0v) is 14.1. The average molecular weight is 345 g/mol. The van der Waals surface area contributed by atoms with Crippen LogP contribution in [0.25, 0.3) is 5.69 Å².